The largest absolute Gasteiger partial charge is 0.467 e. The molecule has 7 nitrogen and oxygen atoms in total. The predicted molar refractivity (Wildman–Crippen MR) is 125 cm³/mol. The number of likely N-dealkylation sites (tertiary alicyclic amines) is 1. The van der Waals surface area contributed by atoms with Gasteiger partial charge in [0.25, 0.3) is 0 Å². The molecule has 32 heavy (non-hydrogen) atoms. The van der Waals surface area contributed by atoms with Crippen LogP contribution in [-0.4, -0.2) is 54.2 Å². The quantitative estimate of drug-likeness (QED) is 0.364. The molecule has 1 aromatic carbocycles. The van der Waals surface area contributed by atoms with Gasteiger partial charge in [-0.2, -0.15) is 5.26 Å². The number of hydrogen-bond donors (Lipinski definition) is 1. The molecule has 3 rings (SSSR count). The first-order valence-corrected chi connectivity index (χ1v) is 11.1. The van der Waals surface area contributed by atoms with E-state index in [4.69, 9.17) is 14.7 Å². The van der Waals surface area contributed by atoms with Crippen LogP contribution in [-0.2, 0) is 4.74 Å². The molecule has 168 valence electrons. The molecule has 1 fully saturated rings. The highest BCUT2D eigenvalue weighted by Gasteiger charge is 2.20. The second-order valence-electron chi connectivity index (χ2n) is 7.79. The van der Waals surface area contributed by atoms with Crippen LogP contribution in [0.15, 0.2) is 24.3 Å². The van der Waals surface area contributed by atoms with Crippen molar-refractivity contribution in [3.63, 3.8) is 0 Å². The Balaban J connectivity index is 1.77. The van der Waals surface area contributed by atoms with Gasteiger partial charge in [0.2, 0.25) is 0 Å². The van der Waals surface area contributed by atoms with Crippen LogP contribution in [0.5, 0.6) is 5.75 Å². The zero-order valence-electron chi connectivity index (χ0n) is 19.1. The fourth-order valence-corrected chi connectivity index (χ4v) is 3.86. The Morgan fingerprint density at radius 3 is 2.91 bits per heavy atom. The third-order valence-corrected chi connectivity index (χ3v) is 5.39. The number of aryl methyl sites for hydroxylation is 1. The third-order valence-electron chi connectivity index (χ3n) is 5.39. The van der Waals surface area contributed by atoms with E-state index in [1.807, 2.05) is 45.0 Å². The van der Waals surface area contributed by atoms with E-state index >= 15 is 0 Å². The van der Waals surface area contributed by atoms with Crippen molar-refractivity contribution in [2.24, 2.45) is 0 Å². The molecule has 2 heterocycles. The van der Waals surface area contributed by atoms with Gasteiger partial charge in [0.15, 0.2) is 6.79 Å². The van der Waals surface area contributed by atoms with Crippen molar-refractivity contribution in [3.05, 3.63) is 35.4 Å². The third kappa shape index (κ3) is 6.43. The number of nitrogens with one attached hydrogen (secondary N) is 1. The molecule has 0 radical (unpaired) electrons. The monoisotopic (exact) mass is 433 g/mol. The van der Waals surface area contributed by atoms with Crippen LogP contribution in [0.25, 0.3) is 11.3 Å². The summed E-state index contributed by atoms with van der Waals surface area (Å²) in [6, 6.07) is 10.4. The van der Waals surface area contributed by atoms with Crippen molar-refractivity contribution in [3.8, 4) is 34.9 Å². The topological polar surface area (TPSA) is 83.3 Å². The van der Waals surface area contributed by atoms with Crippen molar-refractivity contribution in [2.45, 2.75) is 46.1 Å². The van der Waals surface area contributed by atoms with E-state index in [0.29, 0.717) is 24.8 Å². The van der Waals surface area contributed by atoms with Gasteiger partial charge in [-0.15, -0.1) is 16.1 Å². The Labute approximate surface area is 190 Å². The van der Waals surface area contributed by atoms with Crippen LogP contribution in [0.1, 0.15) is 44.2 Å². The smallest absolute Gasteiger partial charge is 0.189 e. The van der Waals surface area contributed by atoms with Gasteiger partial charge in [0, 0.05) is 43.3 Å². The maximum atomic E-state index is 8.84. The number of nitriles is 1. The number of ether oxygens (including phenoxy) is 2. The average molecular weight is 434 g/mol. The van der Waals surface area contributed by atoms with Gasteiger partial charge >= 0.3 is 0 Å². The first kappa shape index (κ1) is 23.5. The van der Waals surface area contributed by atoms with Gasteiger partial charge < -0.3 is 19.7 Å². The molecular formula is C25H31N5O2. The minimum absolute atomic E-state index is 0.169. The SMILES string of the molecule is CC#Cc1ccc(-c2nnc(N[C@@H]3CCCN(CCC#N)C3)cc2C)c(OCOCC)c1. The molecule has 2 aromatic rings. The summed E-state index contributed by atoms with van der Waals surface area (Å²) in [7, 11) is 0. The molecule has 0 spiro atoms. The maximum Gasteiger partial charge on any atom is 0.189 e. The van der Waals surface area contributed by atoms with Gasteiger partial charge in [0.05, 0.1) is 11.8 Å². The lowest BCUT2D eigenvalue weighted by Gasteiger charge is -2.32. The minimum atomic E-state index is 0.169. The summed E-state index contributed by atoms with van der Waals surface area (Å²) in [6.07, 6.45) is 2.76. The molecule has 7 heteroatoms. The highest BCUT2D eigenvalue weighted by molar-refractivity contribution is 5.71. The lowest BCUT2D eigenvalue weighted by atomic mass is 10.0. The number of piperidine rings is 1. The van der Waals surface area contributed by atoms with E-state index < -0.39 is 0 Å². The molecule has 1 aromatic heterocycles. The van der Waals surface area contributed by atoms with E-state index in [2.05, 4.69) is 38.3 Å². The molecule has 0 amide bonds. The summed E-state index contributed by atoms with van der Waals surface area (Å²) >= 11 is 0. The fraction of sp³-hybridized carbons (Fsp3) is 0.480. The molecule has 0 saturated carbocycles. The van der Waals surface area contributed by atoms with Gasteiger partial charge in [-0.05, 0) is 70.0 Å². The molecule has 1 N–H and O–H groups in total. The minimum Gasteiger partial charge on any atom is -0.467 e. The Morgan fingerprint density at radius 1 is 1.28 bits per heavy atom. The van der Waals surface area contributed by atoms with Crippen molar-refractivity contribution >= 4 is 5.82 Å². The summed E-state index contributed by atoms with van der Waals surface area (Å²) in [5, 5.41) is 21.3. The Hall–Kier alpha value is -3.13. The van der Waals surface area contributed by atoms with Crippen LogP contribution in [0.2, 0.25) is 0 Å². The molecular weight excluding hydrogens is 402 g/mol. The predicted octanol–water partition coefficient (Wildman–Crippen LogP) is 3.99. The van der Waals surface area contributed by atoms with E-state index in [1.54, 1.807) is 0 Å². The first-order chi connectivity index (χ1) is 15.6. The Kier molecular flexibility index (Phi) is 8.86. The van der Waals surface area contributed by atoms with E-state index in [9.17, 15) is 0 Å². The van der Waals surface area contributed by atoms with E-state index in [1.165, 1.54) is 0 Å². The van der Waals surface area contributed by atoms with Crippen molar-refractivity contribution in [2.75, 3.05) is 38.4 Å². The zero-order valence-corrected chi connectivity index (χ0v) is 19.1. The van der Waals surface area contributed by atoms with E-state index in [0.717, 1.165) is 60.7 Å². The first-order valence-electron chi connectivity index (χ1n) is 11.1. The Bertz CT molecular complexity index is 1010. The van der Waals surface area contributed by atoms with Crippen LogP contribution in [0, 0.1) is 30.1 Å². The summed E-state index contributed by atoms with van der Waals surface area (Å²) in [5.74, 6) is 7.43. The number of nitrogens with zero attached hydrogens (tertiary/aromatic N) is 4. The summed E-state index contributed by atoms with van der Waals surface area (Å²) in [5.41, 5.74) is 3.53. The number of hydrogen-bond acceptors (Lipinski definition) is 7. The molecule has 0 unspecified atom stereocenters. The number of benzene rings is 1. The standard InChI is InChI=1S/C25H31N5O2/c1-4-8-20-10-11-22(23(16-20)32-18-31-5-2)25-19(3)15-24(28-29-25)27-21-9-6-13-30(17-21)14-7-12-26/h10-11,15-16,21H,5-7,9,13-14,17-18H2,1-3H3,(H,27,28)/t21-/m1/s1. The van der Waals surface area contributed by atoms with Gasteiger partial charge in [0.1, 0.15) is 11.6 Å². The molecule has 0 bridgehead atoms. The summed E-state index contributed by atoms with van der Waals surface area (Å²) in [6.45, 7) is 9.31. The molecule has 1 atom stereocenters. The fourth-order valence-electron chi connectivity index (χ4n) is 3.86. The van der Waals surface area contributed by atoms with Gasteiger partial charge in [-0.25, -0.2) is 0 Å². The van der Waals surface area contributed by atoms with Crippen LogP contribution < -0.4 is 10.1 Å². The van der Waals surface area contributed by atoms with Crippen molar-refractivity contribution in [1.29, 1.82) is 5.26 Å². The highest BCUT2D eigenvalue weighted by Crippen LogP contribution is 2.32. The van der Waals surface area contributed by atoms with E-state index in [-0.39, 0.29) is 6.79 Å². The lowest BCUT2D eigenvalue weighted by Crippen LogP contribution is -2.42. The highest BCUT2D eigenvalue weighted by atomic mass is 16.7. The van der Waals surface area contributed by atoms with Crippen LogP contribution in [0.4, 0.5) is 5.82 Å². The summed E-state index contributed by atoms with van der Waals surface area (Å²) < 4.78 is 11.2. The second kappa shape index (κ2) is 12.0. The average Bonchev–Trinajstić information content (AvgIpc) is 2.79. The number of aromatic nitrogens is 2. The lowest BCUT2D eigenvalue weighted by molar-refractivity contribution is 0.0227. The number of rotatable bonds is 9. The normalized spacial score (nSPS) is 16.0. The van der Waals surface area contributed by atoms with Gasteiger partial charge in [-0.1, -0.05) is 5.92 Å². The molecule has 1 saturated heterocycles. The molecule has 1 aliphatic heterocycles. The maximum absolute atomic E-state index is 8.84. The second-order valence-corrected chi connectivity index (χ2v) is 7.79. The zero-order chi connectivity index (χ0) is 22.8. The Morgan fingerprint density at radius 2 is 2.16 bits per heavy atom. The number of anilines is 1. The van der Waals surface area contributed by atoms with Crippen LogP contribution >= 0.6 is 0 Å². The molecule has 1 aliphatic rings. The van der Waals surface area contributed by atoms with Crippen molar-refractivity contribution in [1.82, 2.24) is 15.1 Å². The van der Waals surface area contributed by atoms with Crippen LogP contribution in [0.3, 0.4) is 0 Å². The van der Waals surface area contributed by atoms with Crippen molar-refractivity contribution < 1.29 is 9.47 Å². The van der Waals surface area contributed by atoms with Gasteiger partial charge in [-0.3, -0.25) is 0 Å². The summed E-state index contributed by atoms with van der Waals surface area (Å²) in [4.78, 5) is 2.34. The molecule has 0 aliphatic carbocycles.